The Balaban J connectivity index is 0.00000400. The summed E-state index contributed by atoms with van der Waals surface area (Å²) in [7, 11) is 0. The fourth-order valence-corrected chi connectivity index (χ4v) is 5.66. The summed E-state index contributed by atoms with van der Waals surface area (Å²) in [5.41, 5.74) is 2.77. The number of carbonyl (C=O) groups is 2. The highest BCUT2D eigenvalue weighted by Gasteiger charge is 2.25. The molecular formula is C31H41N7O6S. The number of nitrogens with one attached hydrogen (secondary N) is 1. The van der Waals surface area contributed by atoms with E-state index in [2.05, 4.69) is 37.3 Å². The molecule has 1 amide bonds. The first-order valence-electron chi connectivity index (χ1n) is 15.2. The summed E-state index contributed by atoms with van der Waals surface area (Å²) in [5, 5.41) is 14.2. The van der Waals surface area contributed by atoms with Gasteiger partial charge in [0.05, 0.1) is 31.6 Å². The Hall–Kier alpha value is -3.72. The first kappa shape index (κ1) is 32.7. The molecule has 0 unspecified atom stereocenters. The number of aliphatic hydroxyl groups is 1. The summed E-state index contributed by atoms with van der Waals surface area (Å²) >= 11 is 0. The lowest BCUT2D eigenvalue weighted by atomic mass is 9.98. The number of nitrogens with zero attached hydrogens (tertiary/aromatic N) is 6. The molecule has 0 saturated carbocycles. The number of ether oxygens (including phenoxy) is 2. The van der Waals surface area contributed by atoms with Crippen molar-refractivity contribution in [3.63, 3.8) is 0 Å². The van der Waals surface area contributed by atoms with Crippen molar-refractivity contribution in [3.05, 3.63) is 59.4 Å². The summed E-state index contributed by atoms with van der Waals surface area (Å²) in [6.07, 6.45) is 3.76. The Morgan fingerprint density at radius 2 is 1.93 bits per heavy atom. The number of amides is 1. The van der Waals surface area contributed by atoms with Gasteiger partial charge in [-0.15, -0.1) is 0 Å². The average Bonchev–Trinajstić information content (AvgIpc) is 3.54. The fourth-order valence-electron chi connectivity index (χ4n) is 5.66. The number of aromatic nitrogens is 3. The van der Waals surface area contributed by atoms with Crippen LogP contribution in [0.5, 0.6) is 5.75 Å². The molecule has 14 heteroatoms. The number of fused-ring (bicyclic) bond motifs is 1. The van der Waals surface area contributed by atoms with Gasteiger partial charge in [0.2, 0.25) is 11.9 Å². The Morgan fingerprint density at radius 1 is 1.11 bits per heavy atom. The lowest BCUT2D eigenvalue weighted by Crippen LogP contribution is -2.48. The van der Waals surface area contributed by atoms with Crippen LogP contribution in [0.25, 0.3) is 0 Å². The maximum absolute atomic E-state index is 13.3. The number of anilines is 2. The molecule has 13 nitrogen and oxygen atoms in total. The highest BCUT2D eigenvalue weighted by molar-refractivity contribution is 7.59. The summed E-state index contributed by atoms with van der Waals surface area (Å²) in [5.74, 6) is 2.43. The standard InChI is InChI=1S/C31H39N7O6.H2S/c1-21(39)37-8-10-38(11-9-37)31-34-28(13-30(35-31)33-24-17-42-18-24)29(41)5-3-25(40)16-36-7-6-22-12-26(4-2-23(22)15-36)43-19-27-14-32-20-44-27;/h2,4,12-14,20,24-25,40H,3,5-11,15-19H2,1H3,(H,33,34,35);1H2/t25-;/m0./s1. The second-order valence-electron chi connectivity index (χ2n) is 11.6. The number of β-amino-alcohol motifs (C(OH)–C–C–N with tert-alkyl or cyclic N) is 1. The number of piperazine rings is 1. The largest absolute Gasteiger partial charge is 0.486 e. The smallest absolute Gasteiger partial charge is 0.228 e. The number of rotatable bonds is 12. The highest BCUT2D eigenvalue weighted by Crippen LogP contribution is 2.25. The van der Waals surface area contributed by atoms with E-state index in [1.807, 2.05) is 11.0 Å². The van der Waals surface area contributed by atoms with Crippen LogP contribution in [0.1, 0.15) is 47.1 Å². The Kier molecular flexibility index (Phi) is 10.9. The van der Waals surface area contributed by atoms with Gasteiger partial charge in [-0.1, -0.05) is 6.07 Å². The van der Waals surface area contributed by atoms with Gasteiger partial charge in [-0.2, -0.15) is 18.5 Å². The Morgan fingerprint density at radius 3 is 2.64 bits per heavy atom. The van der Waals surface area contributed by atoms with Crippen LogP contribution < -0.4 is 15.0 Å². The molecule has 242 valence electrons. The van der Waals surface area contributed by atoms with Crippen LogP contribution >= 0.6 is 13.5 Å². The van der Waals surface area contributed by atoms with Gasteiger partial charge in [-0.05, 0) is 36.1 Å². The van der Waals surface area contributed by atoms with Crippen LogP contribution in [0.4, 0.5) is 11.8 Å². The first-order valence-corrected chi connectivity index (χ1v) is 15.2. The topological polar surface area (TPSA) is 146 Å². The van der Waals surface area contributed by atoms with Crippen molar-refractivity contribution >= 4 is 37.0 Å². The van der Waals surface area contributed by atoms with Crippen LogP contribution in [0.3, 0.4) is 0 Å². The van der Waals surface area contributed by atoms with E-state index in [4.69, 9.17) is 13.9 Å². The molecule has 1 atom stereocenters. The van der Waals surface area contributed by atoms with Gasteiger partial charge in [0, 0.05) is 65.2 Å². The van der Waals surface area contributed by atoms with Gasteiger partial charge in [0.25, 0.3) is 0 Å². The third-order valence-corrected chi connectivity index (χ3v) is 8.31. The summed E-state index contributed by atoms with van der Waals surface area (Å²) < 4.78 is 16.3. The molecule has 0 aliphatic carbocycles. The first-order chi connectivity index (χ1) is 21.4. The molecule has 3 aliphatic heterocycles. The van der Waals surface area contributed by atoms with Gasteiger partial charge in [0.15, 0.2) is 17.9 Å². The van der Waals surface area contributed by atoms with Crippen molar-refractivity contribution in [3.8, 4) is 5.75 Å². The van der Waals surface area contributed by atoms with Gasteiger partial charge in [-0.3, -0.25) is 14.5 Å². The number of oxazole rings is 1. The number of hydrogen-bond donors (Lipinski definition) is 2. The van der Waals surface area contributed by atoms with Crippen molar-refractivity contribution in [1.82, 2.24) is 24.8 Å². The lowest BCUT2D eigenvalue weighted by molar-refractivity contribution is -0.129. The lowest BCUT2D eigenvalue weighted by Gasteiger charge is -2.34. The normalized spacial score (nSPS) is 17.6. The monoisotopic (exact) mass is 639 g/mol. The fraction of sp³-hybridized carbons (Fsp3) is 0.516. The molecule has 0 radical (unpaired) electrons. The summed E-state index contributed by atoms with van der Waals surface area (Å²) in [6.45, 7) is 7.47. The van der Waals surface area contributed by atoms with E-state index >= 15 is 0 Å². The van der Waals surface area contributed by atoms with Gasteiger partial charge >= 0.3 is 0 Å². The van der Waals surface area contributed by atoms with Crippen LogP contribution in [0, 0.1) is 0 Å². The number of hydrogen-bond acceptors (Lipinski definition) is 12. The molecule has 45 heavy (non-hydrogen) atoms. The van der Waals surface area contributed by atoms with Crippen LogP contribution in [-0.4, -0.2) is 106 Å². The molecule has 5 heterocycles. The minimum absolute atomic E-state index is 0. The minimum atomic E-state index is -0.643. The molecule has 2 N–H and O–H groups in total. The molecular weight excluding hydrogens is 598 g/mol. The third-order valence-electron chi connectivity index (χ3n) is 8.31. The SMILES string of the molecule is CC(=O)N1CCN(c2nc(NC3COC3)cc(C(=O)CC[C@H](O)CN3CCc4cc(OCc5cnco5)ccc4C3)n2)CC1.S. The second-order valence-corrected chi connectivity index (χ2v) is 11.6. The van der Waals surface area contributed by atoms with Crippen LogP contribution in [0.15, 0.2) is 41.3 Å². The summed E-state index contributed by atoms with van der Waals surface area (Å²) in [6, 6.07) is 7.92. The zero-order valence-corrected chi connectivity index (χ0v) is 26.5. The summed E-state index contributed by atoms with van der Waals surface area (Å²) in [4.78, 5) is 44.3. The predicted octanol–water partition coefficient (Wildman–Crippen LogP) is 2.02. The van der Waals surface area contributed by atoms with E-state index in [9.17, 15) is 14.7 Å². The molecule has 6 rings (SSSR count). The van der Waals surface area contributed by atoms with E-state index in [-0.39, 0.29) is 37.6 Å². The van der Waals surface area contributed by atoms with Crippen LogP contribution in [0.2, 0.25) is 0 Å². The van der Waals surface area contributed by atoms with E-state index in [1.54, 1.807) is 24.1 Å². The number of ketones is 1. The van der Waals surface area contributed by atoms with E-state index in [0.29, 0.717) is 82.2 Å². The number of aliphatic hydroxyl groups excluding tert-OH is 1. The van der Waals surface area contributed by atoms with E-state index in [1.165, 1.54) is 17.5 Å². The average molecular weight is 640 g/mol. The Bertz CT molecular complexity index is 1450. The molecule has 2 saturated heterocycles. The molecule has 2 aromatic heterocycles. The number of Topliss-reactive ketones (excluding diaryl/α,β-unsaturated/α-hetero) is 1. The van der Waals surface area contributed by atoms with Gasteiger partial charge in [-0.25, -0.2) is 9.97 Å². The number of benzene rings is 1. The zero-order valence-electron chi connectivity index (χ0n) is 25.5. The molecule has 3 aromatic rings. The third kappa shape index (κ3) is 8.51. The molecule has 0 spiro atoms. The zero-order chi connectivity index (χ0) is 30.5. The molecule has 3 aliphatic rings. The van der Waals surface area contributed by atoms with Crippen molar-refractivity contribution in [2.75, 3.05) is 62.7 Å². The Labute approximate surface area is 269 Å². The molecule has 0 bridgehead atoms. The quantitative estimate of drug-likeness (QED) is 0.280. The second kappa shape index (κ2) is 15.0. The van der Waals surface area contributed by atoms with Crippen molar-refractivity contribution in [2.45, 2.75) is 51.5 Å². The van der Waals surface area contributed by atoms with Gasteiger partial charge < -0.3 is 34.1 Å². The van der Waals surface area contributed by atoms with E-state index in [0.717, 1.165) is 25.3 Å². The molecule has 2 fully saturated rings. The predicted molar refractivity (Wildman–Crippen MR) is 171 cm³/mol. The maximum Gasteiger partial charge on any atom is 0.228 e. The number of carbonyl (C=O) groups excluding carboxylic acids is 2. The maximum atomic E-state index is 13.3. The van der Waals surface area contributed by atoms with Crippen molar-refractivity contribution in [1.29, 1.82) is 0 Å². The molecule has 1 aromatic carbocycles. The van der Waals surface area contributed by atoms with Crippen LogP contribution in [-0.2, 0) is 29.1 Å². The highest BCUT2D eigenvalue weighted by atomic mass is 32.1. The van der Waals surface area contributed by atoms with Crippen molar-refractivity contribution < 1.29 is 28.6 Å². The van der Waals surface area contributed by atoms with Crippen molar-refractivity contribution in [2.24, 2.45) is 0 Å². The van der Waals surface area contributed by atoms with Gasteiger partial charge in [0.1, 0.15) is 23.9 Å². The van der Waals surface area contributed by atoms with E-state index < -0.39 is 6.10 Å². The minimum Gasteiger partial charge on any atom is -0.486 e.